The topological polar surface area (TPSA) is 35.2 Å². The monoisotopic (exact) mass is 277 g/mol. The number of anilines is 1. The average molecular weight is 278 g/mol. The summed E-state index contributed by atoms with van der Waals surface area (Å²) in [5.74, 6) is 0.200. The zero-order valence-electron chi connectivity index (χ0n) is 10.4. The molecule has 4 heteroatoms. The molecule has 98 valence electrons. The zero-order valence-corrected chi connectivity index (χ0v) is 11.1. The fourth-order valence-corrected chi connectivity index (χ4v) is 1.74. The molecule has 0 unspecified atom stereocenters. The lowest BCUT2D eigenvalue weighted by atomic mass is 10.2. The Hall–Kier alpha value is -2.00. The summed E-state index contributed by atoms with van der Waals surface area (Å²) in [5, 5.41) is 0.637. The number of allylic oxidation sites excluding steroid dienone is 1. The molecule has 2 N–H and O–H groups in total. The quantitative estimate of drug-likeness (QED) is 0.662. The third kappa shape index (κ3) is 3.26. The molecule has 2 aromatic carbocycles. The van der Waals surface area contributed by atoms with Crippen LogP contribution in [0.15, 0.2) is 48.5 Å². The molecule has 0 atom stereocenters. The first-order chi connectivity index (χ1) is 9.10. The van der Waals surface area contributed by atoms with Gasteiger partial charge >= 0.3 is 0 Å². The molecule has 0 aliphatic carbocycles. The highest BCUT2D eigenvalue weighted by Gasteiger charge is 2.08. The maximum absolute atomic E-state index is 13.7. The molecule has 0 radical (unpaired) electrons. The van der Waals surface area contributed by atoms with Crippen LogP contribution in [-0.4, -0.2) is 0 Å². The van der Waals surface area contributed by atoms with Crippen molar-refractivity contribution in [3.63, 3.8) is 0 Å². The molecule has 19 heavy (non-hydrogen) atoms. The van der Waals surface area contributed by atoms with Crippen LogP contribution in [-0.2, 0) is 0 Å². The summed E-state index contributed by atoms with van der Waals surface area (Å²) in [6.45, 7) is 1.82. The van der Waals surface area contributed by atoms with Gasteiger partial charge in [0.15, 0.2) is 11.6 Å². The van der Waals surface area contributed by atoms with E-state index in [1.54, 1.807) is 24.3 Å². The number of hydrogen-bond donors (Lipinski definition) is 1. The van der Waals surface area contributed by atoms with Crippen molar-refractivity contribution in [2.75, 3.05) is 5.73 Å². The Kier molecular flexibility index (Phi) is 4.07. The molecule has 0 bridgehead atoms. The second-order valence-corrected chi connectivity index (χ2v) is 4.39. The van der Waals surface area contributed by atoms with Crippen LogP contribution >= 0.6 is 11.6 Å². The van der Waals surface area contributed by atoms with Gasteiger partial charge in [-0.2, -0.15) is 0 Å². The van der Waals surface area contributed by atoms with Crippen molar-refractivity contribution in [3.05, 3.63) is 64.9 Å². The van der Waals surface area contributed by atoms with Crippen LogP contribution in [0.25, 0.3) is 5.76 Å². The normalized spacial score (nSPS) is 11.4. The standard InChI is InChI=1S/C15H13ClFNO/c1-2-14(10-3-5-11(16)6-4-10)19-15-8-7-12(18)9-13(15)17/h2-9H,18H2,1H3. The van der Waals surface area contributed by atoms with Crippen LogP contribution < -0.4 is 10.5 Å². The number of halogens is 2. The number of benzene rings is 2. The van der Waals surface area contributed by atoms with Crippen molar-refractivity contribution < 1.29 is 9.13 Å². The Morgan fingerprint density at radius 1 is 1.21 bits per heavy atom. The van der Waals surface area contributed by atoms with Gasteiger partial charge in [-0.05, 0) is 49.4 Å². The number of rotatable bonds is 3. The van der Waals surface area contributed by atoms with Gasteiger partial charge in [0, 0.05) is 22.3 Å². The highest BCUT2D eigenvalue weighted by molar-refractivity contribution is 6.30. The van der Waals surface area contributed by atoms with Crippen LogP contribution in [0.5, 0.6) is 5.75 Å². The van der Waals surface area contributed by atoms with Gasteiger partial charge in [0.05, 0.1) is 0 Å². The summed E-state index contributed by atoms with van der Waals surface area (Å²) in [6.07, 6.45) is 1.76. The first kappa shape index (κ1) is 13.4. The average Bonchev–Trinajstić information content (AvgIpc) is 2.39. The molecule has 0 fully saturated rings. The molecule has 0 amide bonds. The van der Waals surface area contributed by atoms with Crippen LogP contribution in [0, 0.1) is 5.82 Å². The summed E-state index contributed by atoms with van der Waals surface area (Å²) in [6, 6.07) is 11.5. The SMILES string of the molecule is CC=C(Oc1ccc(N)cc1F)c1ccc(Cl)cc1. The van der Waals surface area contributed by atoms with Gasteiger partial charge in [-0.1, -0.05) is 11.6 Å². The van der Waals surface area contributed by atoms with E-state index < -0.39 is 5.82 Å². The Labute approximate surface area is 116 Å². The highest BCUT2D eigenvalue weighted by Crippen LogP contribution is 2.26. The lowest BCUT2D eigenvalue weighted by Gasteiger charge is -2.11. The zero-order chi connectivity index (χ0) is 13.8. The second kappa shape index (κ2) is 5.76. The lowest BCUT2D eigenvalue weighted by molar-refractivity contribution is 0.466. The molecule has 2 rings (SSSR count). The summed E-state index contributed by atoms with van der Waals surface area (Å²) < 4.78 is 19.2. The van der Waals surface area contributed by atoms with Crippen LogP contribution in [0.1, 0.15) is 12.5 Å². The van der Waals surface area contributed by atoms with Crippen molar-refractivity contribution in [3.8, 4) is 5.75 Å². The third-order valence-electron chi connectivity index (χ3n) is 2.57. The van der Waals surface area contributed by atoms with E-state index in [9.17, 15) is 4.39 Å². The molecular formula is C15H13ClFNO. The van der Waals surface area contributed by atoms with Gasteiger partial charge in [-0.3, -0.25) is 0 Å². The summed E-state index contributed by atoms with van der Waals surface area (Å²) in [5.41, 5.74) is 6.68. The molecular weight excluding hydrogens is 265 g/mol. The smallest absolute Gasteiger partial charge is 0.167 e. The Morgan fingerprint density at radius 2 is 1.89 bits per heavy atom. The minimum Gasteiger partial charge on any atom is -0.454 e. The van der Waals surface area contributed by atoms with Gasteiger partial charge in [-0.15, -0.1) is 0 Å². The predicted molar refractivity (Wildman–Crippen MR) is 76.5 cm³/mol. The Bertz CT molecular complexity index is 608. The van der Waals surface area contributed by atoms with E-state index in [-0.39, 0.29) is 5.75 Å². The van der Waals surface area contributed by atoms with E-state index in [4.69, 9.17) is 22.1 Å². The van der Waals surface area contributed by atoms with Crippen LogP contribution in [0.3, 0.4) is 0 Å². The van der Waals surface area contributed by atoms with Crippen LogP contribution in [0.2, 0.25) is 5.02 Å². The fraction of sp³-hybridized carbons (Fsp3) is 0.0667. The van der Waals surface area contributed by atoms with E-state index >= 15 is 0 Å². The van der Waals surface area contributed by atoms with Crippen molar-refractivity contribution in [2.24, 2.45) is 0 Å². The van der Waals surface area contributed by atoms with Gasteiger partial charge in [0.25, 0.3) is 0 Å². The number of nitrogens with two attached hydrogens (primary N) is 1. The lowest BCUT2D eigenvalue weighted by Crippen LogP contribution is -1.97. The predicted octanol–water partition coefficient (Wildman–Crippen LogP) is 4.50. The number of ether oxygens (including phenoxy) is 1. The van der Waals surface area contributed by atoms with Crippen molar-refractivity contribution in [1.29, 1.82) is 0 Å². The van der Waals surface area contributed by atoms with E-state index in [1.165, 1.54) is 12.1 Å². The Balaban J connectivity index is 2.27. The minimum absolute atomic E-state index is 0.136. The second-order valence-electron chi connectivity index (χ2n) is 3.95. The molecule has 2 nitrogen and oxygen atoms in total. The van der Waals surface area contributed by atoms with E-state index in [1.807, 2.05) is 19.1 Å². The largest absolute Gasteiger partial charge is 0.454 e. The van der Waals surface area contributed by atoms with E-state index in [0.717, 1.165) is 5.56 Å². The van der Waals surface area contributed by atoms with E-state index in [2.05, 4.69) is 0 Å². The van der Waals surface area contributed by atoms with E-state index in [0.29, 0.717) is 16.5 Å². The molecule has 0 aliphatic rings. The first-order valence-corrected chi connectivity index (χ1v) is 6.13. The molecule has 0 aromatic heterocycles. The molecule has 0 saturated carbocycles. The first-order valence-electron chi connectivity index (χ1n) is 5.75. The summed E-state index contributed by atoms with van der Waals surface area (Å²) in [7, 11) is 0. The summed E-state index contributed by atoms with van der Waals surface area (Å²) >= 11 is 5.83. The van der Waals surface area contributed by atoms with Gasteiger partial charge < -0.3 is 10.5 Å². The van der Waals surface area contributed by atoms with Gasteiger partial charge in [0.1, 0.15) is 5.76 Å². The Morgan fingerprint density at radius 3 is 2.47 bits per heavy atom. The molecule has 0 spiro atoms. The molecule has 2 aromatic rings. The number of hydrogen-bond acceptors (Lipinski definition) is 2. The fourth-order valence-electron chi connectivity index (χ4n) is 1.62. The maximum Gasteiger partial charge on any atom is 0.167 e. The van der Waals surface area contributed by atoms with Crippen LogP contribution in [0.4, 0.5) is 10.1 Å². The maximum atomic E-state index is 13.7. The summed E-state index contributed by atoms with van der Waals surface area (Å²) in [4.78, 5) is 0. The number of nitrogen functional groups attached to an aromatic ring is 1. The van der Waals surface area contributed by atoms with Gasteiger partial charge in [-0.25, -0.2) is 4.39 Å². The highest BCUT2D eigenvalue weighted by atomic mass is 35.5. The molecule has 0 saturated heterocycles. The van der Waals surface area contributed by atoms with Crippen molar-refractivity contribution in [2.45, 2.75) is 6.92 Å². The van der Waals surface area contributed by atoms with Crippen molar-refractivity contribution in [1.82, 2.24) is 0 Å². The third-order valence-corrected chi connectivity index (χ3v) is 2.82. The minimum atomic E-state index is -0.492. The molecule has 0 aliphatic heterocycles. The molecule has 0 heterocycles. The van der Waals surface area contributed by atoms with Gasteiger partial charge in [0.2, 0.25) is 0 Å². The van der Waals surface area contributed by atoms with Crippen molar-refractivity contribution >= 4 is 23.0 Å².